The summed E-state index contributed by atoms with van der Waals surface area (Å²) in [6, 6.07) is 3.61. The first kappa shape index (κ1) is 14.3. The van der Waals surface area contributed by atoms with E-state index in [-0.39, 0.29) is 11.6 Å². The molecule has 0 spiro atoms. The number of aromatic nitrogens is 1. The molecule has 1 saturated carbocycles. The molecule has 0 aromatic carbocycles. The lowest BCUT2D eigenvalue weighted by molar-refractivity contribution is -0.0793. The highest BCUT2D eigenvalue weighted by Gasteiger charge is 2.43. The van der Waals surface area contributed by atoms with Gasteiger partial charge < -0.3 is 16.2 Å². The summed E-state index contributed by atoms with van der Waals surface area (Å²) in [6.45, 7) is 4.60. The van der Waals surface area contributed by atoms with Crippen LogP contribution in [0.25, 0.3) is 0 Å². The topological polar surface area (TPSA) is 74.2 Å². The van der Waals surface area contributed by atoms with Crippen molar-refractivity contribution in [1.82, 2.24) is 4.98 Å². The number of rotatable bonds is 3. The molecular formula is C15H25N3O. The number of hydrogen-bond donors (Lipinski definition) is 2. The van der Waals surface area contributed by atoms with Crippen LogP contribution in [-0.2, 0) is 4.74 Å². The molecule has 0 saturated heterocycles. The Labute approximate surface area is 115 Å². The predicted molar refractivity (Wildman–Crippen MR) is 77.6 cm³/mol. The Hall–Kier alpha value is -1.13. The summed E-state index contributed by atoms with van der Waals surface area (Å²) in [4.78, 5) is 4.13. The van der Waals surface area contributed by atoms with Crippen LogP contribution < -0.4 is 11.5 Å². The van der Waals surface area contributed by atoms with Crippen LogP contribution in [0.1, 0.15) is 51.1 Å². The Balaban J connectivity index is 2.25. The van der Waals surface area contributed by atoms with E-state index in [2.05, 4.69) is 18.8 Å². The van der Waals surface area contributed by atoms with Gasteiger partial charge in [-0.05, 0) is 37.2 Å². The van der Waals surface area contributed by atoms with E-state index in [0.29, 0.717) is 11.2 Å². The van der Waals surface area contributed by atoms with E-state index < -0.39 is 0 Å². The zero-order valence-corrected chi connectivity index (χ0v) is 12.1. The summed E-state index contributed by atoms with van der Waals surface area (Å²) < 4.78 is 5.83. The number of anilines is 1. The first-order chi connectivity index (χ1) is 8.90. The lowest BCUT2D eigenvalue weighted by atomic mass is 9.67. The van der Waals surface area contributed by atoms with Crippen molar-refractivity contribution in [3.8, 4) is 0 Å². The summed E-state index contributed by atoms with van der Waals surface area (Å²) in [5.41, 5.74) is 13.4. The molecule has 1 fully saturated rings. The highest BCUT2D eigenvalue weighted by molar-refractivity contribution is 5.42. The molecule has 0 radical (unpaired) electrons. The van der Waals surface area contributed by atoms with Gasteiger partial charge in [-0.1, -0.05) is 19.9 Å². The monoisotopic (exact) mass is 263 g/mol. The van der Waals surface area contributed by atoms with Gasteiger partial charge in [0.05, 0.1) is 11.6 Å². The maximum Gasteiger partial charge on any atom is 0.128 e. The molecule has 106 valence electrons. The van der Waals surface area contributed by atoms with Crippen LogP contribution in [0, 0.1) is 5.41 Å². The third-order valence-corrected chi connectivity index (χ3v) is 4.63. The molecule has 1 aliphatic rings. The van der Waals surface area contributed by atoms with Gasteiger partial charge in [0.2, 0.25) is 0 Å². The molecule has 2 rings (SSSR count). The van der Waals surface area contributed by atoms with Gasteiger partial charge in [-0.2, -0.15) is 0 Å². The van der Waals surface area contributed by atoms with E-state index in [1.807, 2.05) is 12.1 Å². The third-order valence-electron chi connectivity index (χ3n) is 4.63. The molecular weight excluding hydrogens is 238 g/mol. The lowest BCUT2D eigenvalue weighted by Gasteiger charge is -2.46. The number of pyridine rings is 1. The van der Waals surface area contributed by atoms with Crippen LogP contribution >= 0.6 is 0 Å². The predicted octanol–water partition coefficient (Wildman–Crippen LogP) is 2.65. The first-order valence-corrected chi connectivity index (χ1v) is 6.91. The van der Waals surface area contributed by atoms with Crippen molar-refractivity contribution < 1.29 is 4.74 Å². The molecule has 1 unspecified atom stereocenters. The number of nitrogens with zero attached hydrogens (tertiary/aromatic N) is 1. The van der Waals surface area contributed by atoms with Crippen LogP contribution in [0.5, 0.6) is 0 Å². The molecule has 1 heterocycles. The van der Waals surface area contributed by atoms with Crippen LogP contribution in [0.4, 0.5) is 5.82 Å². The molecule has 1 aromatic heterocycles. The van der Waals surface area contributed by atoms with Crippen molar-refractivity contribution >= 4 is 5.82 Å². The Morgan fingerprint density at radius 2 is 1.89 bits per heavy atom. The lowest BCUT2D eigenvalue weighted by Crippen LogP contribution is -2.47. The quantitative estimate of drug-likeness (QED) is 0.879. The van der Waals surface area contributed by atoms with Crippen LogP contribution in [0.2, 0.25) is 0 Å². The van der Waals surface area contributed by atoms with E-state index in [1.165, 1.54) is 0 Å². The van der Waals surface area contributed by atoms with Gasteiger partial charge in [0.15, 0.2) is 0 Å². The largest absolute Gasteiger partial charge is 0.383 e. The van der Waals surface area contributed by atoms with Gasteiger partial charge in [0.1, 0.15) is 5.82 Å². The minimum absolute atomic E-state index is 0.220. The highest BCUT2D eigenvalue weighted by atomic mass is 16.5. The molecule has 19 heavy (non-hydrogen) atoms. The van der Waals surface area contributed by atoms with Gasteiger partial charge in [0.25, 0.3) is 0 Å². The second kappa shape index (κ2) is 5.10. The van der Waals surface area contributed by atoms with Crippen molar-refractivity contribution in [3.05, 3.63) is 23.9 Å². The van der Waals surface area contributed by atoms with Crippen LogP contribution in [0.3, 0.4) is 0 Å². The van der Waals surface area contributed by atoms with E-state index in [0.717, 1.165) is 31.2 Å². The number of nitrogens with two attached hydrogens (primary N) is 2. The van der Waals surface area contributed by atoms with E-state index in [4.69, 9.17) is 16.2 Å². The molecule has 4 heteroatoms. The van der Waals surface area contributed by atoms with Crippen molar-refractivity contribution in [1.29, 1.82) is 0 Å². The molecule has 0 amide bonds. The fourth-order valence-electron chi connectivity index (χ4n) is 2.97. The summed E-state index contributed by atoms with van der Waals surface area (Å²) in [6.07, 6.45) is 5.86. The third kappa shape index (κ3) is 2.74. The number of nitrogen functional groups attached to an aromatic ring is 1. The molecule has 4 nitrogen and oxygen atoms in total. The average molecular weight is 263 g/mol. The first-order valence-electron chi connectivity index (χ1n) is 6.91. The summed E-state index contributed by atoms with van der Waals surface area (Å²) in [5, 5.41) is 0. The standard InChI is InChI=1S/C15H25N3O/c1-14(2)6-8-15(19-3,9-7-14)12(16)11-5-4-10-18-13(11)17/h4-5,10,12H,6-9,16H2,1-3H3,(H2,17,18). The van der Waals surface area contributed by atoms with E-state index in [9.17, 15) is 0 Å². The number of methoxy groups -OCH3 is 1. The number of ether oxygens (including phenoxy) is 1. The molecule has 4 N–H and O–H groups in total. The molecule has 1 aliphatic carbocycles. The maximum atomic E-state index is 6.46. The Morgan fingerprint density at radius 3 is 2.42 bits per heavy atom. The van der Waals surface area contributed by atoms with Crippen molar-refractivity contribution in [3.63, 3.8) is 0 Å². The minimum Gasteiger partial charge on any atom is -0.383 e. The van der Waals surface area contributed by atoms with Gasteiger partial charge in [-0.3, -0.25) is 0 Å². The second-order valence-corrected chi connectivity index (χ2v) is 6.39. The van der Waals surface area contributed by atoms with Gasteiger partial charge in [-0.25, -0.2) is 4.98 Å². The maximum absolute atomic E-state index is 6.46. The van der Waals surface area contributed by atoms with Gasteiger partial charge in [-0.15, -0.1) is 0 Å². The van der Waals surface area contributed by atoms with Crippen molar-refractivity contribution in [2.45, 2.75) is 51.2 Å². The fraction of sp³-hybridized carbons (Fsp3) is 0.667. The zero-order valence-electron chi connectivity index (χ0n) is 12.1. The summed E-state index contributed by atoms with van der Waals surface area (Å²) >= 11 is 0. The molecule has 0 bridgehead atoms. The molecule has 0 aliphatic heterocycles. The Morgan fingerprint density at radius 1 is 1.26 bits per heavy atom. The number of hydrogen-bond acceptors (Lipinski definition) is 4. The second-order valence-electron chi connectivity index (χ2n) is 6.39. The SMILES string of the molecule is COC1(C(N)c2cccnc2N)CCC(C)(C)CC1. The Bertz CT molecular complexity index is 435. The summed E-state index contributed by atoms with van der Waals surface area (Å²) in [5.74, 6) is 0.510. The van der Waals surface area contributed by atoms with E-state index >= 15 is 0 Å². The Kier molecular flexibility index (Phi) is 3.83. The normalized spacial score (nSPS) is 22.9. The fourth-order valence-corrected chi connectivity index (χ4v) is 2.97. The van der Waals surface area contributed by atoms with Crippen molar-refractivity contribution in [2.24, 2.45) is 11.1 Å². The summed E-state index contributed by atoms with van der Waals surface area (Å²) in [7, 11) is 1.75. The van der Waals surface area contributed by atoms with Gasteiger partial charge >= 0.3 is 0 Å². The average Bonchev–Trinajstić information content (AvgIpc) is 2.39. The smallest absolute Gasteiger partial charge is 0.128 e. The van der Waals surface area contributed by atoms with Crippen molar-refractivity contribution in [2.75, 3.05) is 12.8 Å². The molecule has 1 atom stereocenters. The van der Waals surface area contributed by atoms with Gasteiger partial charge in [0, 0.05) is 18.9 Å². The zero-order chi connectivity index (χ0) is 14.1. The van der Waals surface area contributed by atoms with Crippen LogP contribution in [-0.4, -0.2) is 17.7 Å². The highest BCUT2D eigenvalue weighted by Crippen LogP contribution is 2.47. The minimum atomic E-state index is -0.313. The molecule has 1 aromatic rings. The van der Waals surface area contributed by atoms with Crippen LogP contribution in [0.15, 0.2) is 18.3 Å². The van der Waals surface area contributed by atoms with E-state index in [1.54, 1.807) is 13.3 Å².